The lowest BCUT2D eigenvalue weighted by Crippen LogP contribution is -3.06. The number of rotatable bonds is 6. The third-order valence-electron chi connectivity index (χ3n) is 5.73. The van der Waals surface area contributed by atoms with Gasteiger partial charge in [0.1, 0.15) is 0 Å². The second-order valence-electron chi connectivity index (χ2n) is 8.51. The van der Waals surface area contributed by atoms with Crippen molar-refractivity contribution in [2.45, 2.75) is 0 Å². The van der Waals surface area contributed by atoms with E-state index in [4.69, 9.17) is 0 Å². The lowest BCUT2D eigenvalue weighted by atomic mass is 9.86. The lowest BCUT2D eigenvalue weighted by molar-refractivity contribution is -0.857. The van der Waals surface area contributed by atoms with E-state index in [-0.39, 0.29) is 23.6 Å². The molecule has 0 spiro atoms. The van der Waals surface area contributed by atoms with Gasteiger partial charge >= 0.3 is 0 Å². The summed E-state index contributed by atoms with van der Waals surface area (Å²) in [5.74, 6) is -1.51. The Kier molecular flexibility index (Phi) is 4.91. The molecule has 0 fully saturated rings. The number of carbonyl (C=O) groups excluding carboxylic acids is 4. The zero-order chi connectivity index (χ0) is 21.7. The van der Waals surface area contributed by atoms with Gasteiger partial charge in [0.2, 0.25) is 0 Å². The van der Waals surface area contributed by atoms with Crippen molar-refractivity contribution in [3.05, 3.63) is 46.5 Å². The monoisotopic (exact) mass is 410 g/mol. The fourth-order valence-corrected chi connectivity index (χ4v) is 4.05. The van der Waals surface area contributed by atoms with Gasteiger partial charge in [-0.05, 0) is 24.3 Å². The van der Waals surface area contributed by atoms with Crippen LogP contribution in [0, 0.1) is 0 Å². The minimum absolute atomic E-state index is 0.308. The summed E-state index contributed by atoms with van der Waals surface area (Å²) in [6.45, 7) is 1.88. The van der Waals surface area contributed by atoms with Crippen LogP contribution in [0.2, 0.25) is 0 Å². The van der Waals surface area contributed by atoms with E-state index < -0.39 is 0 Å². The summed E-state index contributed by atoms with van der Waals surface area (Å²) in [5, 5.41) is 0.848. The number of benzene rings is 2. The fourth-order valence-electron chi connectivity index (χ4n) is 4.05. The van der Waals surface area contributed by atoms with Gasteiger partial charge in [-0.15, -0.1) is 0 Å². The maximum atomic E-state index is 13.1. The van der Waals surface area contributed by atoms with Gasteiger partial charge in [0.15, 0.2) is 0 Å². The molecule has 0 radical (unpaired) electrons. The third kappa shape index (κ3) is 3.00. The summed E-state index contributed by atoms with van der Waals surface area (Å²) in [4.78, 5) is 57.1. The van der Waals surface area contributed by atoms with Crippen molar-refractivity contribution in [1.82, 2.24) is 9.80 Å². The summed E-state index contributed by atoms with van der Waals surface area (Å²) in [6, 6.07) is 6.44. The minimum Gasteiger partial charge on any atom is -0.338 e. The van der Waals surface area contributed by atoms with Gasteiger partial charge in [-0.3, -0.25) is 29.0 Å². The number of imide groups is 2. The minimum atomic E-state index is -0.379. The highest BCUT2D eigenvalue weighted by atomic mass is 16.2. The third-order valence-corrected chi connectivity index (χ3v) is 5.73. The molecule has 0 unspecified atom stereocenters. The zero-order valence-corrected chi connectivity index (χ0v) is 17.7. The van der Waals surface area contributed by atoms with Gasteiger partial charge in [-0.25, -0.2) is 0 Å². The van der Waals surface area contributed by atoms with Crippen LogP contribution in [-0.2, 0) is 0 Å². The molecule has 8 nitrogen and oxygen atoms in total. The molecule has 4 rings (SSSR count). The first-order valence-corrected chi connectivity index (χ1v) is 10.1. The summed E-state index contributed by atoms with van der Waals surface area (Å²) >= 11 is 0. The number of nitrogens with one attached hydrogen (secondary N) is 2. The summed E-state index contributed by atoms with van der Waals surface area (Å²) in [7, 11) is 7.83. The number of likely N-dealkylation sites (N-methyl/N-ethyl adjacent to an activating group) is 2. The van der Waals surface area contributed by atoms with Crippen LogP contribution in [0.4, 0.5) is 0 Å². The molecular weight excluding hydrogens is 384 g/mol. The number of nitrogens with zero attached hydrogens (tertiary/aromatic N) is 2. The van der Waals surface area contributed by atoms with E-state index in [9.17, 15) is 19.2 Å². The molecule has 0 saturated heterocycles. The van der Waals surface area contributed by atoms with Crippen LogP contribution in [0.15, 0.2) is 24.3 Å². The van der Waals surface area contributed by atoms with Crippen molar-refractivity contribution in [1.29, 1.82) is 0 Å². The zero-order valence-electron chi connectivity index (χ0n) is 17.7. The highest BCUT2D eigenvalue weighted by molar-refractivity contribution is 6.33. The Hall–Kier alpha value is -3.10. The van der Waals surface area contributed by atoms with Gasteiger partial charge in [-0.1, -0.05) is 0 Å². The van der Waals surface area contributed by atoms with E-state index in [1.807, 2.05) is 28.2 Å². The molecule has 2 heterocycles. The van der Waals surface area contributed by atoms with Crippen LogP contribution >= 0.6 is 0 Å². The Balaban J connectivity index is 1.84. The first kappa shape index (κ1) is 20.2. The van der Waals surface area contributed by atoms with Crippen molar-refractivity contribution < 1.29 is 29.0 Å². The Bertz CT molecular complexity index is 949. The summed E-state index contributed by atoms with van der Waals surface area (Å²) < 4.78 is 0. The van der Waals surface area contributed by atoms with Crippen LogP contribution in [-0.4, -0.2) is 87.8 Å². The highest BCUT2D eigenvalue weighted by Crippen LogP contribution is 2.37. The van der Waals surface area contributed by atoms with Crippen molar-refractivity contribution in [3.63, 3.8) is 0 Å². The standard InChI is InChI=1S/C22H24N4O4/c1-23(2)9-11-25-19(27)13-5-7-15-18-16(8-6-14(17(13)18)20(25)28)22(30)26(21(15)29)12-10-24(3)4/h5-8H,9-12H2,1-4H3/p+2. The molecule has 2 N–H and O–H groups in total. The SMILES string of the molecule is C[NH+](C)CCN1C(=O)c2ccc3c4c(ccc(c24)C1=O)C(=O)N(CC[NH+](C)C)C3=O. The predicted molar refractivity (Wildman–Crippen MR) is 110 cm³/mol. The van der Waals surface area contributed by atoms with Crippen molar-refractivity contribution in [2.24, 2.45) is 0 Å². The smallest absolute Gasteiger partial charge is 0.261 e. The highest BCUT2D eigenvalue weighted by Gasteiger charge is 2.39. The van der Waals surface area contributed by atoms with Gasteiger partial charge in [0.25, 0.3) is 23.6 Å². The molecule has 0 saturated carbocycles. The van der Waals surface area contributed by atoms with Crippen molar-refractivity contribution in [2.75, 3.05) is 54.4 Å². The lowest BCUT2D eigenvalue weighted by Gasteiger charge is -2.32. The number of carbonyl (C=O) groups is 4. The molecule has 2 aromatic carbocycles. The van der Waals surface area contributed by atoms with E-state index in [0.29, 0.717) is 59.2 Å². The molecule has 0 bridgehead atoms. The van der Waals surface area contributed by atoms with Gasteiger partial charge in [0, 0.05) is 33.0 Å². The summed E-state index contributed by atoms with van der Waals surface area (Å²) in [5.41, 5.74) is 1.47. The molecule has 8 heteroatoms. The first-order chi connectivity index (χ1) is 14.2. The van der Waals surface area contributed by atoms with E-state index >= 15 is 0 Å². The van der Waals surface area contributed by atoms with E-state index in [2.05, 4.69) is 0 Å². The maximum Gasteiger partial charge on any atom is 0.261 e. The molecule has 2 aliphatic heterocycles. The molecule has 4 amide bonds. The normalized spacial score (nSPS) is 15.9. The molecule has 0 atom stereocenters. The van der Waals surface area contributed by atoms with Crippen LogP contribution in [0.3, 0.4) is 0 Å². The van der Waals surface area contributed by atoms with E-state index in [1.165, 1.54) is 9.80 Å². The van der Waals surface area contributed by atoms with Crippen LogP contribution in [0.1, 0.15) is 41.4 Å². The van der Waals surface area contributed by atoms with E-state index in [1.54, 1.807) is 24.3 Å². The average Bonchev–Trinajstić information content (AvgIpc) is 2.69. The van der Waals surface area contributed by atoms with Crippen molar-refractivity contribution in [3.8, 4) is 0 Å². The van der Waals surface area contributed by atoms with E-state index in [0.717, 1.165) is 9.80 Å². The summed E-state index contributed by atoms with van der Waals surface area (Å²) in [6.07, 6.45) is 0. The molecule has 2 aromatic rings. The van der Waals surface area contributed by atoms with Crippen LogP contribution < -0.4 is 9.80 Å². The Labute approximate surface area is 174 Å². The maximum absolute atomic E-state index is 13.1. The fraction of sp³-hybridized carbons (Fsp3) is 0.364. The van der Waals surface area contributed by atoms with Crippen LogP contribution in [0.5, 0.6) is 0 Å². The first-order valence-electron chi connectivity index (χ1n) is 10.1. The Morgan fingerprint density at radius 1 is 0.567 bits per heavy atom. The second kappa shape index (κ2) is 7.30. The largest absolute Gasteiger partial charge is 0.338 e. The van der Waals surface area contributed by atoms with Gasteiger partial charge < -0.3 is 9.80 Å². The van der Waals surface area contributed by atoms with Gasteiger partial charge in [-0.2, -0.15) is 0 Å². The molecule has 156 valence electrons. The number of amides is 4. The van der Waals surface area contributed by atoms with Gasteiger partial charge in [0.05, 0.1) is 54.4 Å². The Morgan fingerprint density at radius 2 is 0.833 bits per heavy atom. The molecule has 0 aliphatic carbocycles. The molecule has 0 aromatic heterocycles. The average molecular weight is 410 g/mol. The quantitative estimate of drug-likeness (QED) is 0.558. The molecule has 2 aliphatic rings. The van der Waals surface area contributed by atoms with Crippen LogP contribution in [0.25, 0.3) is 10.8 Å². The number of quaternary nitrogens is 2. The molecular formula is C22H26N4O4+2. The number of hydrogen-bond acceptors (Lipinski definition) is 4. The Morgan fingerprint density at radius 3 is 1.07 bits per heavy atom. The predicted octanol–water partition coefficient (Wildman–Crippen LogP) is -1.68. The number of hydrogen-bond donors (Lipinski definition) is 2. The second-order valence-corrected chi connectivity index (χ2v) is 8.51. The van der Waals surface area contributed by atoms with Crippen molar-refractivity contribution >= 4 is 34.4 Å². The molecule has 30 heavy (non-hydrogen) atoms. The topological polar surface area (TPSA) is 83.6 Å².